The van der Waals surface area contributed by atoms with Crippen molar-refractivity contribution in [3.63, 3.8) is 0 Å². The van der Waals surface area contributed by atoms with Crippen LogP contribution in [0.1, 0.15) is 36.8 Å². The lowest BCUT2D eigenvalue weighted by Gasteiger charge is -2.17. The van der Waals surface area contributed by atoms with Gasteiger partial charge in [-0.15, -0.1) is 0 Å². The highest BCUT2D eigenvalue weighted by atomic mass is 35.5. The number of benzene rings is 1. The molecule has 1 amide bonds. The molecule has 0 saturated heterocycles. The molecular weight excluding hydrogens is 278 g/mol. The fraction of sp³-hybridized carbons (Fsp3) is 0.467. The quantitative estimate of drug-likeness (QED) is 0.819. The Morgan fingerprint density at radius 2 is 2.11 bits per heavy atom. The van der Waals surface area contributed by atoms with Crippen LogP contribution in [0.5, 0.6) is 0 Å². The molecule has 1 aliphatic heterocycles. The van der Waals surface area contributed by atoms with Crippen molar-refractivity contribution in [2.75, 3.05) is 0 Å². The number of rotatable bonds is 2. The van der Waals surface area contributed by atoms with Gasteiger partial charge in [-0.25, -0.2) is 4.99 Å². The average molecular weight is 294 g/mol. The number of carbonyl (C=O) groups is 1. The smallest absolute Gasteiger partial charge is 0.263 e. The number of amides is 1. The molecule has 1 aromatic carbocycles. The fourth-order valence-corrected chi connectivity index (χ4v) is 4.54. The molecule has 1 aliphatic carbocycles. The van der Waals surface area contributed by atoms with Crippen LogP contribution in [0.15, 0.2) is 23.2 Å². The third-order valence-electron chi connectivity index (χ3n) is 3.89. The molecule has 4 heteroatoms. The molecule has 0 radical (unpaired) electrons. The highest BCUT2D eigenvalue weighted by molar-refractivity contribution is 8.16. The third-order valence-corrected chi connectivity index (χ3v) is 5.69. The van der Waals surface area contributed by atoms with Crippen molar-refractivity contribution in [2.45, 2.75) is 43.8 Å². The lowest BCUT2D eigenvalue weighted by Crippen LogP contribution is -2.26. The summed E-state index contributed by atoms with van der Waals surface area (Å²) in [6.07, 6.45) is 4.92. The van der Waals surface area contributed by atoms with Gasteiger partial charge in [0.25, 0.3) is 5.91 Å². The summed E-state index contributed by atoms with van der Waals surface area (Å²) in [4.78, 5) is 16.4. The topological polar surface area (TPSA) is 29.4 Å². The monoisotopic (exact) mass is 293 g/mol. The molecule has 0 atom stereocenters. The van der Waals surface area contributed by atoms with Crippen molar-refractivity contribution in [1.82, 2.24) is 0 Å². The van der Waals surface area contributed by atoms with Gasteiger partial charge in [0.05, 0.1) is 5.04 Å². The number of halogens is 1. The zero-order valence-corrected chi connectivity index (χ0v) is 12.5. The Morgan fingerprint density at radius 1 is 1.37 bits per heavy atom. The molecule has 1 heterocycles. The van der Waals surface area contributed by atoms with Gasteiger partial charge in [0.2, 0.25) is 0 Å². The first-order valence-corrected chi connectivity index (χ1v) is 7.85. The molecular formula is C15H16ClNOS. The van der Waals surface area contributed by atoms with E-state index in [-0.39, 0.29) is 10.7 Å². The number of hydrogen-bond donors (Lipinski definition) is 0. The summed E-state index contributed by atoms with van der Waals surface area (Å²) in [5.74, 6) is 0.0771. The van der Waals surface area contributed by atoms with E-state index in [1.165, 1.54) is 0 Å². The van der Waals surface area contributed by atoms with Gasteiger partial charge in [-0.05, 0) is 37.0 Å². The Bertz CT molecular complexity index is 561. The Balaban J connectivity index is 1.78. The molecule has 0 N–H and O–H groups in total. The number of thioether (sulfide) groups is 1. The summed E-state index contributed by atoms with van der Waals surface area (Å²) in [5.41, 5.74) is 2.21. The summed E-state index contributed by atoms with van der Waals surface area (Å²) in [7, 11) is 0. The predicted octanol–water partition coefficient (Wildman–Crippen LogP) is 4.18. The number of hydrogen-bond acceptors (Lipinski definition) is 2. The summed E-state index contributed by atoms with van der Waals surface area (Å²) in [6.45, 7) is 2.02. The third kappa shape index (κ3) is 2.46. The molecule has 3 rings (SSSR count). The average Bonchev–Trinajstić information content (AvgIpc) is 2.93. The van der Waals surface area contributed by atoms with Crippen LogP contribution in [0.2, 0.25) is 5.02 Å². The van der Waals surface area contributed by atoms with E-state index in [1.54, 1.807) is 11.8 Å². The molecule has 1 aromatic rings. The Kier molecular flexibility index (Phi) is 3.44. The maximum Gasteiger partial charge on any atom is 0.263 e. The second kappa shape index (κ2) is 4.95. The van der Waals surface area contributed by atoms with Crippen molar-refractivity contribution in [2.24, 2.45) is 4.99 Å². The predicted molar refractivity (Wildman–Crippen MR) is 81.1 cm³/mol. The molecule has 0 aromatic heterocycles. The van der Waals surface area contributed by atoms with E-state index < -0.39 is 0 Å². The highest BCUT2D eigenvalue weighted by Gasteiger charge is 2.46. The molecule has 1 spiro atoms. The second-order valence-electron chi connectivity index (χ2n) is 5.39. The molecule has 19 heavy (non-hydrogen) atoms. The summed E-state index contributed by atoms with van der Waals surface area (Å²) in [6, 6.07) is 6.05. The van der Waals surface area contributed by atoms with Crippen LogP contribution >= 0.6 is 23.4 Å². The van der Waals surface area contributed by atoms with Gasteiger partial charge in [-0.1, -0.05) is 48.3 Å². The first kappa shape index (κ1) is 13.2. The van der Waals surface area contributed by atoms with Crippen molar-refractivity contribution >= 4 is 34.3 Å². The van der Waals surface area contributed by atoms with Crippen LogP contribution < -0.4 is 0 Å². The zero-order valence-electron chi connectivity index (χ0n) is 10.9. The van der Waals surface area contributed by atoms with Gasteiger partial charge in [0.1, 0.15) is 4.75 Å². The maximum atomic E-state index is 12.1. The van der Waals surface area contributed by atoms with Crippen molar-refractivity contribution in [3.05, 3.63) is 34.3 Å². The first-order chi connectivity index (χ1) is 9.09. The summed E-state index contributed by atoms with van der Waals surface area (Å²) >= 11 is 7.92. The Morgan fingerprint density at radius 3 is 2.79 bits per heavy atom. The molecule has 0 bridgehead atoms. The van der Waals surface area contributed by atoms with E-state index in [0.717, 1.165) is 46.9 Å². The SMILES string of the molecule is Cc1ccc(CC2=NC(=O)C3(CCCC3)S2)c(Cl)c1. The lowest BCUT2D eigenvalue weighted by atomic mass is 10.1. The van der Waals surface area contributed by atoms with Crippen LogP contribution in [0.3, 0.4) is 0 Å². The largest absolute Gasteiger partial charge is 0.271 e. The zero-order chi connectivity index (χ0) is 13.5. The summed E-state index contributed by atoms with van der Waals surface area (Å²) < 4.78 is -0.230. The maximum absolute atomic E-state index is 12.1. The fourth-order valence-electron chi connectivity index (χ4n) is 2.80. The van der Waals surface area contributed by atoms with Crippen molar-refractivity contribution < 1.29 is 4.79 Å². The van der Waals surface area contributed by atoms with E-state index in [1.807, 2.05) is 19.1 Å². The number of aryl methyl sites for hydroxylation is 1. The van der Waals surface area contributed by atoms with Crippen LogP contribution in [-0.4, -0.2) is 15.7 Å². The number of aliphatic imine (C=N–C) groups is 1. The van der Waals surface area contributed by atoms with Gasteiger partial charge in [0, 0.05) is 11.4 Å². The van der Waals surface area contributed by atoms with Gasteiger partial charge in [-0.2, -0.15) is 0 Å². The van der Waals surface area contributed by atoms with Crippen LogP contribution in [0.25, 0.3) is 0 Å². The van der Waals surface area contributed by atoms with Crippen LogP contribution in [0, 0.1) is 6.92 Å². The summed E-state index contributed by atoms with van der Waals surface area (Å²) in [5, 5.41) is 1.70. The van der Waals surface area contributed by atoms with E-state index in [4.69, 9.17) is 11.6 Å². The Hall–Kier alpha value is -0.800. The highest BCUT2D eigenvalue weighted by Crippen LogP contribution is 2.47. The van der Waals surface area contributed by atoms with Gasteiger partial charge >= 0.3 is 0 Å². The van der Waals surface area contributed by atoms with Crippen molar-refractivity contribution in [3.8, 4) is 0 Å². The van der Waals surface area contributed by atoms with Crippen LogP contribution in [-0.2, 0) is 11.2 Å². The van der Waals surface area contributed by atoms with E-state index in [2.05, 4.69) is 11.1 Å². The lowest BCUT2D eigenvalue weighted by molar-refractivity contribution is -0.119. The minimum Gasteiger partial charge on any atom is -0.271 e. The van der Waals surface area contributed by atoms with Gasteiger partial charge in [0.15, 0.2) is 0 Å². The molecule has 0 unspecified atom stereocenters. The number of nitrogens with zero attached hydrogens (tertiary/aromatic N) is 1. The van der Waals surface area contributed by atoms with Crippen molar-refractivity contribution in [1.29, 1.82) is 0 Å². The molecule has 1 saturated carbocycles. The Labute approximate surface area is 122 Å². The molecule has 100 valence electrons. The first-order valence-electron chi connectivity index (χ1n) is 6.65. The van der Waals surface area contributed by atoms with Crippen LogP contribution in [0.4, 0.5) is 0 Å². The second-order valence-corrected chi connectivity index (χ2v) is 7.25. The van der Waals surface area contributed by atoms with E-state index in [0.29, 0.717) is 6.42 Å². The van der Waals surface area contributed by atoms with E-state index >= 15 is 0 Å². The molecule has 2 aliphatic rings. The normalized spacial score (nSPS) is 21.2. The van der Waals surface area contributed by atoms with Gasteiger partial charge in [-0.3, -0.25) is 4.79 Å². The van der Waals surface area contributed by atoms with Gasteiger partial charge < -0.3 is 0 Å². The van der Waals surface area contributed by atoms with E-state index in [9.17, 15) is 4.79 Å². The standard InChI is InChI=1S/C15H16ClNOS/c1-10-4-5-11(12(16)8-10)9-13-17-14(18)15(19-13)6-2-3-7-15/h4-5,8H,2-3,6-7,9H2,1H3. The molecule has 1 fully saturated rings. The minimum atomic E-state index is -0.230. The number of carbonyl (C=O) groups excluding carboxylic acids is 1. The molecule has 2 nitrogen and oxygen atoms in total. The minimum absolute atomic E-state index is 0.0771.